The van der Waals surface area contributed by atoms with Crippen LogP contribution in [0.1, 0.15) is 47.2 Å². The number of methoxy groups -OCH3 is 3. The average Bonchev–Trinajstić information content (AvgIpc) is 2.97. The molecule has 3 aromatic carbocycles. The van der Waals surface area contributed by atoms with Crippen LogP contribution in [0.2, 0.25) is 0 Å². The summed E-state index contributed by atoms with van der Waals surface area (Å²) in [5.74, 6) is 0.781. The fourth-order valence-corrected chi connectivity index (χ4v) is 5.47. The van der Waals surface area contributed by atoms with Crippen molar-refractivity contribution in [2.45, 2.75) is 50.7 Å². The summed E-state index contributed by atoms with van der Waals surface area (Å²) in [6.45, 7) is 1.98. The van der Waals surface area contributed by atoms with Crippen LogP contribution in [-0.4, -0.2) is 44.9 Å². The van der Waals surface area contributed by atoms with E-state index in [9.17, 15) is 31.1 Å². The van der Waals surface area contributed by atoms with Gasteiger partial charge in [0.05, 0.1) is 38.5 Å². The summed E-state index contributed by atoms with van der Waals surface area (Å²) in [4.78, 5) is 16.5. The molecule has 4 rings (SSSR count). The Morgan fingerprint density at radius 3 is 1.98 bits per heavy atom. The second-order valence-corrected chi connectivity index (χ2v) is 10.3. The van der Waals surface area contributed by atoms with Gasteiger partial charge in [0.25, 0.3) is 0 Å². The van der Waals surface area contributed by atoms with Crippen molar-refractivity contribution >= 4 is 11.8 Å². The van der Waals surface area contributed by atoms with Crippen LogP contribution in [0.25, 0.3) is 0 Å². The van der Waals surface area contributed by atoms with E-state index in [0.717, 1.165) is 17.6 Å². The third-order valence-electron chi connectivity index (χ3n) is 7.57. The van der Waals surface area contributed by atoms with E-state index in [1.165, 1.54) is 14.2 Å². The van der Waals surface area contributed by atoms with Gasteiger partial charge in [0.1, 0.15) is 0 Å². The molecule has 6 nitrogen and oxygen atoms in total. The highest BCUT2D eigenvalue weighted by Gasteiger charge is 2.40. The minimum Gasteiger partial charge on any atom is -0.493 e. The fraction of sp³-hybridized carbons (Fsp3) is 0.387. The number of benzene rings is 3. The first kappa shape index (κ1) is 31.8. The molecular weight excluding hydrogens is 578 g/mol. The number of amides is 1. The SMILES string of the molecule is COC(=O)N(Cc1cc(C(F)(F)F)cc(C(F)(F)F)c1)[C@@H]1C[C@H](C)N(CCc2ccccc2)c2cc(OC)c(OC)cc21. The number of carbonyl (C=O) groups is 1. The molecule has 0 saturated carbocycles. The molecule has 232 valence electrons. The van der Waals surface area contributed by atoms with Gasteiger partial charge in [-0.2, -0.15) is 26.3 Å². The number of anilines is 1. The van der Waals surface area contributed by atoms with Gasteiger partial charge in [0.2, 0.25) is 0 Å². The largest absolute Gasteiger partial charge is 0.493 e. The lowest BCUT2D eigenvalue weighted by Gasteiger charge is -2.44. The van der Waals surface area contributed by atoms with Crippen LogP contribution < -0.4 is 14.4 Å². The van der Waals surface area contributed by atoms with E-state index in [2.05, 4.69) is 4.90 Å². The molecule has 1 amide bonds. The third kappa shape index (κ3) is 7.11. The molecule has 0 aliphatic carbocycles. The number of carbonyl (C=O) groups excluding carboxylic acids is 1. The molecule has 0 N–H and O–H groups in total. The number of rotatable bonds is 8. The Morgan fingerprint density at radius 2 is 1.44 bits per heavy atom. The van der Waals surface area contributed by atoms with E-state index in [1.54, 1.807) is 12.1 Å². The van der Waals surface area contributed by atoms with Gasteiger partial charge in [-0.1, -0.05) is 30.3 Å². The van der Waals surface area contributed by atoms with Crippen molar-refractivity contribution in [1.82, 2.24) is 4.90 Å². The first-order valence-corrected chi connectivity index (χ1v) is 13.5. The van der Waals surface area contributed by atoms with Crippen molar-refractivity contribution in [2.24, 2.45) is 0 Å². The molecule has 2 atom stereocenters. The summed E-state index contributed by atoms with van der Waals surface area (Å²) in [5, 5.41) is 0. The van der Waals surface area contributed by atoms with Gasteiger partial charge in [-0.15, -0.1) is 0 Å². The minimum absolute atomic E-state index is 0.0612. The monoisotopic (exact) mass is 610 g/mol. The molecule has 0 aromatic heterocycles. The zero-order valence-electron chi connectivity index (χ0n) is 24.1. The Balaban J connectivity index is 1.80. The van der Waals surface area contributed by atoms with Crippen molar-refractivity contribution in [3.8, 4) is 11.5 Å². The standard InChI is InChI=1S/C31H32F6N2O4/c1-19-12-25(39(29(40)43-4)18-21-13-22(30(32,33)34)15-23(14-21)31(35,36)37)24-16-27(41-2)28(42-3)17-26(24)38(19)11-10-20-8-6-5-7-9-20/h5-9,13-17,19,25H,10-12,18H2,1-4H3/t19-,25+/m0/s1. The Bertz CT molecular complexity index is 1400. The summed E-state index contributed by atoms with van der Waals surface area (Å²) in [6.07, 6.45) is -9.93. The summed E-state index contributed by atoms with van der Waals surface area (Å²) in [7, 11) is 4.03. The molecule has 0 spiro atoms. The number of fused-ring (bicyclic) bond motifs is 1. The number of ether oxygens (including phenoxy) is 3. The van der Waals surface area contributed by atoms with Gasteiger partial charge in [0.15, 0.2) is 11.5 Å². The molecular formula is C31H32F6N2O4. The lowest BCUT2D eigenvalue weighted by molar-refractivity contribution is -0.143. The normalized spacial score (nSPS) is 16.8. The summed E-state index contributed by atoms with van der Waals surface area (Å²) in [6, 6.07) is 13.6. The van der Waals surface area contributed by atoms with E-state index >= 15 is 0 Å². The molecule has 43 heavy (non-hydrogen) atoms. The number of hydrogen-bond donors (Lipinski definition) is 0. The molecule has 3 aromatic rings. The highest BCUT2D eigenvalue weighted by Crippen LogP contribution is 2.46. The van der Waals surface area contributed by atoms with Crippen LogP contribution in [0, 0.1) is 0 Å². The van der Waals surface area contributed by atoms with Crippen LogP contribution in [0.4, 0.5) is 36.8 Å². The van der Waals surface area contributed by atoms with E-state index in [0.29, 0.717) is 54.3 Å². The Hall–Kier alpha value is -4.09. The van der Waals surface area contributed by atoms with Crippen molar-refractivity contribution < 1.29 is 45.3 Å². The zero-order chi connectivity index (χ0) is 31.5. The third-order valence-corrected chi connectivity index (χ3v) is 7.57. The molecule has 12 heteroatoms. The van der Waals surface area contributed by atoms with Crippen molar-refractivity contribution in [3.05, 3.63) is 88.5 Å². The molecule has 0 bridgehead atoms. The van der Waals surface area contributed by atoms with Crippen LogP contribution in [0.3, 0.4) is 0 Å². The first-order valence-electron chi connectivity index (χ1n) is 13.5. The Labute approximate surface area is 245 Å². The van der Waals surface area contributed by atoms with Crippen molar-refractivity contribution in [3.63, 3.8) is 0 Å². The maximum Gasteiger partial charge on any atom is 0.416 e. The number of hydrogen-bond acceptors (Lipinski definition) is 5. The van der Waals surface area contributed by atoms with Crippen LogP contribution in [0.15, 0.2) is 60.7 Å². The molecule has 0 unspecified atom stereocenters. The zero-order valence-corrected chi connectivity index (χ0v) is 24.1. The second kappa shape index (κ2) is 12.6. The number of nitrogens with zero attached hydrogens (tertiary/aromatic N) is 2. The number of halogens is 6. The van der Waals surface area contributed by atoms with E-state index in [-0.39, 0.29) is 17.7 Å². The Kier molecular flexibility index (Phi) is 9.36. The first-order chi connectivity index (χ1) is 20.3. The van der Waals surface area contributed by atoms with Gasteiger partial charge in [0, 0.05) is 36.4 Å². The molecule has 1 aliphatic heterocycles. The molecule has 0 radical (unpaired) electrons. The molecule has 0 saturated heterocycles. The molecule has 0 fully saturated rings. The lowest BCUT2D eigenvalue weighted by atomic mass is 9.89. The van der Waals surface area contributed by atoms with Gasteiger partial charge in [-0.05, 0) is 55.2 Å². The maximum atomic E-state index is 13.6. The van der Waals surface area contributed by atoms with E-state index in [4.69, 9.17) is 14.2 Å². The highest BCUT2D eigenvalue weighted by molar-refractivity contribution is 5.71. The molecule has 1 aliphatic rings. The van der Waals surface area contributed by atoms with Gasteiger partial charge in [-0.3, -0.25) is 4.90 Å². The van der Waals surface area contributed by atoms with Crippen molar-refractivity contribution in [2.75, 3.05) is 32.8 Å². The predicted molar refractivity (Wildman–Crippen MR) is 148 cm³/mol. The van der Waals surface area contributed by atoms with Crippen molar-refractivity contribution in [1.29, 1.82) is 0 Å². The van der Waals surface area contributed by atoms with Crippen LogP contribution in [0.5, 0.6) is 11.5 Å². The van der Waals surface area contributed by atoms with Crippen LogP contribution in [-0.2, 0) is 30.1 Å². The maximum absolute atomic E-state index is 13.6. The van der Waals surface area contributed by atoms with Crippen LogP contribution >= 0.6 is 0 Å². The lowest BCUT2D eigenvalue weighted by Crippen LogP contribution is -2.45. The summed E-state index contributed by atoms with van der Waals surface area (Å²) < 4.78 is 97.6. The van der Waals surface area contributed by atoms with Gasteiger partial charge < -0.3 is 19.1 Å². The quantitative estimate of drug-likeness (QED) is 0.243. The second-order valence-electron chi connectivity index (χ2n) is 10.3. The average molecular weight is 611 g/mol. The number of alkyl halides is 6. The minimum atomic E-state index is -5.03. The van der Waals surface area contributed by atoms with Gasteiger partial charge >= 0.3 is 18.4 Å². The smallest absolute Gasteiger partial charge is 0.416 e. The predicted octanol–water partition coefficient (Wildman–Crippen LogP) is 7.89. The fourth-order valence-electron chi connectivity index (χ4n) is 5.47. The summed E-state index contributed by atoms with van der Waals surface area (Å²) in [5.41, 5.74) is -0.853. The summed E-state index contributed by atoms with van der Waals surface area (Å²) >= 11 is 0. The topological polar surface area (TPSA) is 51.2 Å². The Morgan fingerprint density at radius 1 is 0.860 bits per heavy atom. The van der Waals surface area contributed by atoms with Gasteiger partial charge in [-0.25, -0.2) is 4.79 Å². The molecule has 1 heterocycles. The van der Waals surface area contributed by atoms with E-state index in [1.807, 2.05) is 37.3 Å². The highest BCUT2D eigenvalue weighted by atomic mass is 19.4. The van der Waals surface area contributed by atoms with E-state index < -0.39 is 42.2 Å².